The summed E-state index contributed by atoms with van der Waals surface area (Å²) >= 11 is 3.57. The van der Waals surface area contributed by atoms with E-state index in [1.54, 1.807) is 0 Å². The van der Waals surface area contributed by atoms with Gasteiger partial charge in [0.15, 0.2) is 0 Å². The fourth-order valence-electron chi connectivity index (χ4n) is 2.59. The second-order valence-electron chi connectivity index (χ2n) is 5.10. The van der Waals surface area contributed by atoms with Gasteiger partial charge in [-0.15, -0.1) is 0 Å². The molecular formula is C14H17BrN2O4. The van der Waals surface area contributed by atoms with Gasteiger partial charge in [0.2, 0.25) is 5.75 Å². The van der Waals surface area contributed by atoms with Gasteiger partial charge < -0.3 is 10.1 Å². The quantitative estimate of drug-likeness (QED) is 0.499. The summed E-state index contributed by atoms with van der Waals surface area (Å²) in [7, 11) is 1.32. The highest BCUT2D eigenvalue weighted by Gasteiger charge is 2.25. The molecule has 0 aromatic heterocycles. The lowest BCUT2D eigenvalue weighted by Crippen LogP contribution is -2.29. The monoisotopic (exact) mass is 356 g/mol. The van der Waals surface area contributed by atoms with Crippen molar-refractivity contribution in [2.75, 3.05) is 13.7 Å². The third-order valence-corrected chi connectivity index (χ3v) is 4.50. The van der Waals surface area contributed by atoms with Crippen molar-refractivity contribution in [3.8, 4) is 5.75 Å². The Morgan fingerprint density at radius 2 is 2.29 bits per heavy atom. The molecule has 2 rings (SSSR count). The second-order valence-corrected chi connectivity index (χ2v) is 6.40. The first-order valence-corrected chi connectivity index (χ1v) is 7.68. The molecule has 6 nitrogen and oxygen atoms in total. The minimum atomic E-state index is -0.554. The number of hydrogen-bond acceptors (Lipinski definition) is 4. The Kier molecular flexibility index (Phi) is 5.17. The van der Waals surface area contributed by atoms with E-state index in [1.165, 1.54) is 25.3 Å². The molecule has 1 aromatic rings. The molecule has 114 valence electrons. The molecule has 21 heavy (non-hydrogen) atoms. The highest BCUT2D eigenvalue weighted by Crippen LogP contribution is 2.32. The number of rotatable bonds is 5. The van der Waals surface area contributed by atoms with Gasteiger partial charge in [0.05, 0.1) is 17.6 Å². The number of nitrogens with one attached hydrogen (secondary N) is 1. The molecule has 0 aliphatic heterocycles. The van der Waals surface area contributed by atoms with E-state index in [0.717, 1.165) is 19.3 Å². The summed E-state index contributed by atoms with van der Waals surface area (Å²) in [5, 5.41) is 13.8. The Balaban J connectivity index is 2.08. The number of carbonyl (C=O) groups excluding carboxylic acids is 1. The number of carbonyl (C=O) groups is 1. The van der Waals surface area contributed by atoms with Gasteiger partial charge in [-0.3, -0.25) is 14.9 Å². The van der Waals surface area contributed by atoms with E-state index in [1.807, 2.05) is 0 Å². The van der Waals surface area contributed by atoms with Crippen LogP contribution in [0.3, 0.4) is 0 Å². The van der Waals surface area contributed by atoms with Crippen molar-refractivity contribution in [3.63, 3.8) is 0 Å². The van der Waals surface area contributed by atoms with Gasteiger partial charge in [0.25, 0.3) is 5.91 Å². The third kappa shape index (κ3) is 3.72. The summed E-state index contributed by atoms with van der Waals surface area (Å²) in [4.78, 5) is 23.1. The van der Waals surface area contributed by atoms with Crippen LogP contribution < -0.4 is 10.1 Å². The van der Waals surface area contributed by atoms with E-state index in [2.05, 4.69) is 21.2 Å². The number of para-hydroxylation sites is 1. The predicted molar refractivity (Wildman–Crippen MR) is 82.0 cm³/mol. The number of nitro benzene ring substituents is 1. The summed E-state index contributed by atoms with van der Waals surface area (Å²) in [6.07, 6.45) is 3.22. The molecule has 0 heterocycles. The lowest BCUT2D eigenvalue weighted by Gasteiger charge is -2.12. The van der Waals surface area contributed by atoms with Gasteiger partial charge in [-0.1, -0.05) is 22.0 Å². The van der Waals surface area contributed by atoms with Gasteiger partial charge >= 0.3 is 5.69 Å². The van der Waals surface area contributed by atoms with Crippen molar-refractivity contribution in [2.24, 2.45) is 5.92 Å². The van der Waals surface area contributed by atoms with E-state index in [0.29, 0.717) is 17.3 Å². The maximum Gasteiger partial charge on any atom is 0.311 e. The van der Waals surface area contributed by atoms with Crippen LogP contribution >= 0.6 is 15.9 Å². The van der Waals surface area contributed by atoms with Crippen molar-refractivity contribution >= 4 is 27.5 Å². The number of methoxy groups -OCH3 is 1. The van der Waals surface area contributed by atoms with Crippen LogP contribution in [0.2, 0.25) is 0 Å². The van der Waals surface area contributed by atoms with Crippen LogP contribution in [0.1, 0.15) is 29.6 Å². The first-order chi connectivity index (χ1) is 10.0. The van der Waals surface area contributed by atoms with E-state index in [-0.39, 0.29) is 22.9 Å². The normalized spacial score (nSPS) is 21.0. The average molecular weight is 357 g/mol. The number of halogens is 1. The molecule has 1 fully saturated rings. The second kappa shape index (κ2) is 6.89. The van der Waals surface area contributed by atoms with Crippen LogP contribution in [0.4, 0.5) is 5.69 Å². The third-order valence-electron chi connectivity index (χ3n) is 3.67. The van der Waals surface area contributed by atoms with Crippen LogP contribution in [0.25, 0.3) is 0 Å². The summed E-state index contributed by atoms with van der Waals surface area (Å²) in [6, 6.07) is 4.34. The number of nitrogens with zero attached hydrogens (tertiary/aromatic N) is 1. The van der Waals surface area contributed by atoms with E-state index >= 15 is 0 Å². The zero-order chi connectivity index (χ0) is 15.4. The molecule has 0 bridgehead atoms. The topological polar surface area (TPSA) is 81.5 Å². The molecule has 1 amide bonds. The number of ether oxygens (including phenoxy) is 1. The molecule has 2 atom stereocenters. The number of alkyl halides is 1. The maximum absolute atomic E-state index is 12.2. The lowest BCUT2D eigenvalue weighted by molar-refractivity contribution is -0.385. The van der Waals surface area contributed by atoms with Crippen LogP contribution in [-0.2, 0) is 0 Å². The maximum atomic E-state index is 12.2. The highest BCUT2D eigenvalue weighted by atomic mass is 79.9. The summed E-state index contributed by atoms with van der Waals surface area (Å²) in [5.74, 6) is 0.112. The molecule has 1 N–H and O–H groups in total. The smallest absolute Gasteiger partial charge is 0.311 e. The first kappa shape index (κ1) is 15.8. The van der Waals surface area contributed by atoms with Gasteiger partial charge in [0.1, 0.15) is 0 Å². The first-order valence-electron chi connectivity index (χ1n) is 6.76. The van der Waals surface area contributed by atoms with Crippen molar-refractivity contribution in [2.45, 2.75) is 24.1 Å². The van der Waals surface area contributed by atoms with Gasteiger partial charge in [-0.05, 0) is 31.2 Å². The van der Waals surface area contributed by atoms with E-state index in [4.69, 9.17) is 4.74 Å². The molecule has 1 saturated carbocycles. The van der Waals surface area contributed by atoms with Gasteiger partial charge in [-0.25, -0.2) is 0 Å². The van der Waals surface area contributed by atoms with Crippen molar-refractivity contribution in [1.29, 1.82) is 0 Å². The number of hydrogen-bond donors (Lipinski definition) is 1. The van der Waals surface area contributed by atoms with Crippen molar-refractivity contribution in [3.05, 3.63) is 33.9 Å². The Bertz CT molecular complexity index is 550. The highest BCUT2D eigenvalue weighted by molar-refractivity contribution is 9.09. The van der Waals surface area contributed by atoms with E-state index < -0.39 is 4.92 Å². The Morgan fingerprint density at radius 1 is 1.52 bits per heavy atom. The molecule has 0 spiro atoms. The standard InChI is InChI=1S/C14H17BrN2O4/c1-21-13-11(3-2-4-12(13)17(19)20)14(18)16-8-9-5-6-10(15)7-9/h2-4,9-10H,5-8H2,1H3,(H,16,18). The fraction of sp³-hybridized carbons (Fsp3) is 0.500. The van der Waals surface area contributed by atoms with E-state index in [9.17, 15) is 14.9 Å². The molecule has 1 aliphatic carbocycles. The minimum absolute atomic E-state index is 0.00444. The summed E-state index contributed by atoms with van der Waals surface area (Å²) in [5.41, 5.74) is -0.00775. The predicted octanol–water partition coefficient (Wildman–Crippen LogP) is 2.90. The van der Waals surface area contributed by atoms with Crippen LogP contribution in [-0.4, -0.2) is 29.3 Å². The largest absolute Gasteiger partial charge is 0.490 e. The van der Waals surface area contributed by atoms with Gasteiger partial charge in [-0.2, -0.15) is 0 Å². The molecule has 1 aliphatic rings. The van der Waals surface area contributed by atoms with Crippen LogP contribution in [0, 0.1) is 16.0 Å². The number of nitro groups is 1. The van der Waals surface area contributed by atoms with Crippen LogP contribution in [0.5, 0.6) is 5.75 Å². The molecule has 2 unspecified atom stereocenters. The molecular weight excluding hydrogens is 340 g/mol. The molecule has 7 heteroatoms. The Morgan fingerprint density at radius 3 is 2.86 bits per heavy atom. The molecule has 0 saturated heterocycles. The van der Waals surface area contributed by atoms with Crippen LogP contribution in [0.15, 0.2) is 18.2 Å². The average Bonchev–Trinajstić information content (AvgIpc) is 2.89. The summed E-state index contributed by atoms with van der Waals surface area (Å²) < 4.78 is 5.04. The lowest BCUT2D eigenvalue weighted by atomic mass is 10.1. The minimum Gasteiger partial charge on any atom is -0.490 e. The fourth-order valence-corrected chi connectivity index (χ4v) is 3.39. The summed E-state index contributed by atoms with van der Waals surface area (Å²) in [6.45, 7) is 0.576. The zero-order valence-corrected chi connectivity index (χ0v) is 13.3. The van der Waals surface area contributed by atoms with Gasteiger partial charge in [0, 0.05) is 17.4 Å². The Hall–Kier alpha value is -1.63. The number of amides is 1. The Labute approximate surface area is 131 Å². The number of benzene rings is 1. The molecule has 0 radical (unpaired) electrons. The SMILES string of the molecule is COc1c(C(=O)NCC2CCC(Br)C2)cccc1[N+](=O)[O-]. The van der Waals surface area contributed by atoms with Crippen molar-refractivity contribution in [1.82, 2.24) is 5.32 Å². The van der Waals surface area contributed by atoms with Crippen molar-refractivity contribution < 1.29 is 14.5 Å². The zero-order valence-electron chi connectivity index (χ0n) is 11.7. The molecule has 1 aromatic carbocycles.